The molecule has 0 radical (unpaired) electrons. The highest BCUT2D eigenvalue weighted by atomic mass is 16.4. The average molecular weight is 460 g/mol. The van der Waals surface area contributed by atoms with Gasteiger partial charge in [0.15, 0.2) is 0 Å². The molecule has 0 aromatic heterocycles. The number of primary amides is 1. The molecule has 13 nitrogen and oxygen atoms in total. The molecule has 4 unspecified atom stereocenters. The Balaban J connectivity index is 5.05. The minimum absolute atomic E-state index is 0.00289. The smallest absolute Gasteiger partial charge is 0.326 e. The van der Waals surface area contributed by atoms with Crippen molar-refractivity contribution in [3.63, 3.8) is 0 Å². The first-order chi connectivity index (χ1) is 14.7. The maximum absolute atomic E-state index is 12.6. The molecule has 0 heterocycles. The molecule has 0 aliphatic rings. The second-order valence-electron chi connectivity index (χ2n) is 7.86. The highest BCUT2D eigenvalue weighted by molar-refractivity contribution is 5.94. The number of carbonyl (C=O) groups is 6. The van der Waals surface area contributed by atoms with E-state index in [-0.39, 0.29) is 31.6 Å². The Morgan fingerprint density at radius 1 is 0.781 bits per heavy atom. The van der Waals surface area contributed by atoms with Crippen molar-refractivity contribution < 1.29 is 39.0 Å². The Morgan fingerprint density at radius 3 is 1.81 bits per heavy atom. The molecule has 0 spiro atoms. The molecule has 0 saturated heterocycles. The van der Waals surface area contributed by atoms with Gasteiger partial charge in [-0.05, 0) is 32.1 Å². The summed E-state index contributed by atoms with van der Waals surface area (Å²) < 4.78 is 0. The number of hydrogen-bond acceptors (Lipinski definition) is 7. The fourth-order valence-corrected chi connectivity index (χ4v) is 2.61. The highest BCUT2D eigenvalue weighted by Crippen LogP contribution is 2.07. The monoisotopic (exact) mass is 459 g/mol. The van der Waals surface area contributed by atoms with Crippen LogP contribution >= 0.6 is 0 Å². The Bertz CT molecular complexity index is 712. The molecule has 0 aromatic rings. The van der Waals surface area contributed by atoms with Crippen LogP contribution in [0.5, 0.6) is 0 Å². The number of hydrogen-bond donors (Lipinski definition) is 7. The molecule has 0 aliphatic heterocycles. The fourth-order valence-electron chi connectivity index (χ4n) is 2.61. The number of aliphatic carboxylic acids is 2. The maximum Gasteiger partial charge on any atom is 0.326 e. The first-order valence-electron chi connectivity index (χ1n) is 10.1. The van der Waals surface area contributed by atoms with Crippen LogP contribution < -0.4 is 27.4 Å². The zero-order valence-corrected chi connectivity index (χ0v) is 18.4. The topological polar surface area (TPSA) is 231 Å². The third-order valence-corrected chi connectivity index (χ3v) is 4.39. The van der Waals surface area contributed by atoms with Crippen LogP contribution in [0.25, 0.3) is 0 Å². The van der Waals surface area contributed by atoms with Gasteiger partial charge in [0, 0.05) is 12.8 Å². The molecule has 13 heteroatoms. The molecular weight excluding hydrogens is 426 g/mol. The number of carboxylic acids is 2. The molecule has 4 amide bonds. The van der Waals surface area contributed by atoms with Gasteiger partial charge < -0.3 is 37.6 Å². The molecule has 0 saturated carbocycles. The molecule has 0 bridgehead atoms. The molecule has 0 aliphatic carbocycles. The SMILES string of the molecule is CC(C)CC(NC(=O)C(N)CCC(N)=O)C(=O)NC(C)C(=O)NC(CCC(=O)O)C(=O)O. The van der Waals surface area contributed by atoms with E-state index in [1.807, 2.05) is 13.8 Å². The van der Waals surface area contributed by atoms with E-state index in [0.29, 0.717) is 0 Å². The Labute approximate surface area is 185 Å². The van der Waals surface area contributed by atoms with E-state index >= 15 is 0 Å². The van der Waals surface area contributed by atoms with Crippen LogP contribution in [0.15, 0.2) is 0 Å². The molecule has 4 atom stereocenters. The van der Waals surface area contributed by atoms with Crippen molar-refractivity contribution in [1.82, 2.24) is 16.0 Å². The number of rotatable bonds is 15. The largest absolute Gasteiger partial charge is 0.481 e. The van der Waals surface area contributed by atoms with Crippen molar-refractivity contribution in [3.05, 3.63) is 0 Å². The highest BCUT2D eigenvalue weighted by Gasteiger charge is 2.29. The van der Waals surface area contributed by atoms with Gasteiger partial charge in [-0.25, -0.2) is 4.79 Å². The lowest BCUT2D eigenvalue weighted by Gasteiger charge is -2.24. The number of nitrogens with two attached hydrogens (primary N) is 2. The molecule has 9 N–H and O–H groups in total. The summed E-state index contributed by atoms with van der Waals surface area (Å²) in [6.07, 6.45) is -0.657. The van der Waals surface area contributed by atoms with E-state index in [9.17, 15) is 28.8 Å². The van der Waals surface area contributed by atoms with Crippen LogP contribution in [0.4, 0.5) is 0 Å². The summed E-state index contributed by atoms with van der Waals surface area (Å²) in [7, 11) is 0. The molecule has 32 heavy (non-hydrogen) atoms. The second kappa shape index (κ2) is 14.0. The van der Waals surface area contributed by atoms with Crippen LogP contribution in [-0.2, 0) is 28.8 Å². The van der Waals surface area contributed by atoms with Gasteiger partial charge in [0.05, 0.1) is 6.04 Å². The first kappa shape index (κ1) is 28.8. The minimum Gasteiger partial charge on any atom is -0.481 e. The van der Waals surface area contributed by atoms with Gasteiger partial charge in [-0.15, -0.1) is 0 Å². The Kier molecular flexibility index (Phi) is 12.6. The Hall–Kier alpha value is -3.22. The molecule has 0 rings (SSSR count). The second-order valence-corrected chi connectivity index (χ2v) is 7.86. The van der Waals surface area contributed by atoms with E-state index in [1.54, 1.807) is 0 Å². The van der Waals surface area contributed by atoms with Gasteiger partial charge in [-0.1, -0.05) is 13.8 Å². The third kappa shape index (κ3) is 11.8. The summed E-state index contributed by atoms with van der Waals surface area (Å²) >= 11 is 0. The maximum atomic E-state index is 12.6. The van der Waals surface area contributed by atoms with E-state index in [4.69, 9.17) is 21.7 Å². The van der Waals surface area contributed by atoms with Crippen molar-refractivity contribution in [2.75, 3.05) is 0 Å². The van der Waals surface area contributed by atoms with Crippen LogP contribution in [0, 0.1) is 5.92 Å². The van der Waals surface area contributed by atoms with Crippen LogP contribution in [0.2, 0.25) is 0 Å². The normalized spacial score (nSPS) is 14.5. The van der Waals surface area contributed by atoms with Crippen LogP contribution in [-0.4, -0.2) is 69.9 Å². The lowest BCUT2D eigenvalue weighted by atomic mass is 10.0. The lowest BCUT2D eigenvalue weighted by molar-refractivity contribution is -0.143. The number of nitrogens with one attached hydrogen (secondary N) is 3. The molecule has 0 fully saturated rings. The van der Waals surface area contributed by atoms with Gasteiger partial charge in [-0.3, -0.25) is 24.0 Å². The number of amides is 4. The van der Waals surface area contributed by atoms with Crippen molar-refractivity contribution in [2.45, 2.75) is 77.0 Å². The zero-order chi connectivity index (χ0) is 25.0. The van der Waals surface area contributed by atoms with Crippen LogP contribution in [0.1, 0.15) is 52.9 Å². The third-order valence-electron chi connectivity index (χ3n) is 4.39. The summed E-state index contributed by atoms with van der Waals surface area (Å²) in [5.41, 5.74) is 10.7. The van der Waals surface area contributed by atoms with Gasteiger partial charge in [0.1, 0.15) is 18.1 Å². The van der Waals surface area contributed by atoms with Crippen LogP contribution in [0.3, 0.4) is 0 Å². The number of carboxylic acid groups (broad SMARTS) is 2. The first-order valence-corrected chi connectivity index (χ1v) is 10.1. The van der Waals surface area contributed by atoms with Gasteiger partial charge in [-0.2, -0.15) is 0 Å². The van der Waals surface area contributed by atoms with Crippen molar-refractivity contribution in [3.8, 4) is 0 Å². The quantitative estimate of drug-likeness (QED) is 0.144. The van der Waals surface area contributed by atoms with Crippen molar-refractivity contribution in [2.24, 2.45) is 17.4 Å². The van der Waals surface area contributed by atoms with E-state index in [1.165, 1.54) is 6.92 Å². The summed E-state index contributed by atoms with van der Waals surface area (Å²) in [5.74, 6) is -5.43. The van der Waals surface area contributed by atoms with Gasteiger partial charge in [0.25, 0.3) is 0 Å². The van der Waals surface area contributed by atoms with Crippen molar-refractivity contribution >= 4 is 35.6 Å². The van der Waals surface area contributed by atoms with Gasteiger partial charge in [0.2, 0.25) is 23.6 Å². The fraction of sp³-hybridized carbons (Fsp3) is 0.684. The van der Waals surface area contributed by atoms with E-state index < -0.39 is 66.2 Å². The predicted octanol–water partition coefficient (Wildman–Crippen LogP) is -1.95. The molecule has 0 aromatic carbocycles. The molecule has 182 valence electrons. The minimum atomic E-state index is -1.44. The van der Waals surface area contributed by atoms with E-state index in [2.05, 4.69) is 16.0 Å². The standard InChI is InChI=1S/C19H33N5O8/c1-9(2)8-13(24-17(29)11(20)4-6-14(21)25)18(30)22-10(3)16(28)23-12(19(31)32)5-7-15(26)27/h9-13H,4-8,20H2,1-3H3,(H2,21,25)(H,22,30)(H,23,28)(H,24,29)(H,26,27)(H,31,32). The Morgan fingerprint density at radius 2 is 1.34 bits per heavy atom. The lowest BCUT2D eigenvalue weighted by Crippen LogP contribution is -2.56. The van der Waals surface area contributed by atoms with Crippen molar-refractivity contribution in [1.29, 1.82) is 0 Å². The summed E-state index contributed by atoms with van der Waals surface area (Å²) in [5, 5.41) is 24.9. The molecular formula is C19H33N5O8. The number of carbonyl (C=O) groups excluding carboxylic acids is 4. The van der Waals surface area contributed by atoms with E-state index in [0.717, 1.165) is 0 Å². The zero-order valence-electron chi connectivity index (χ0n) is 18.4. The summed E-state index contributed by atoms with van der Waals surface area (Å²) in [6.45, 7) is 4.95. The van der Waals surface area contributed by atoms with Gasteiger partial charge >= 0.3 is 11.9 Å². The summed E-state index contributed by atoms with van der Waals surface area (Å²) in [6, 6.07) is -4.69. The predicted molar refractivity (Wildman–Crippen MR) is 112 cm³/mol. The average Bonchev–Trinajstić information content (AvgIpc) is 2.67. The summed E-state index contributed by atoms with van der Waals surface area (Å²) in [4.78, 5) is 69.9.